The molecule has 0 atom stereocenters. The van der Waals surface area contributed by atoms with E-state index in [9.17, 15) is 0 Å². The summed E-state index contributed by atoms with van der Waals surface area (Å²) >= 11 is 0. The van der Waals surface area contributed by atoms with Gasteiger partial charge in [0, 0.05) is 26.6 Å². The van der Waals surface area contributed by atoms with Crippen LogP contribution in [-0.4, -0.2) is 26.6 Å². The summed E-state index contributed by atoms with van der Waals surface area (Å²) in [5.74, 6) is 0. The van der Waals surface area contributed by atoms with Crippen molar-refractivity contribution in [3.63, 3.8) is 0 Å². The Kier molecular flexibility index (Phi) is 3.79. The van der Waals surface area contributed by atoms with E-state index in [1.165, 1.54) is 0 Å². The standard InChI is InChI=1S/C8H18Si3/c1-7(2,3)10-11(9)8(4,5)6/h1-6H3. The maximum atomic E-state index is 3.90. The Balaban J connectivity index is 3.99. The average molecular weight is 198 g/mol. The fraction of sp³-hybridized carbons (Fsp3) is 1.00. The van der Waals surface area contributed by atoms with E-state index >= 15 is 0 Å². The van der Waals surface area contributed by atoms with Crippen molar-refractivity contribution in [1.82, 2.24) is 0 Å². The van der Waals surface area contributed by atoms with E-state index in [1.807, 2.05) is 0 Å². The Labute approximate surface area is 78.6 Å². The minimum Gasteiger partial charge on any atom is -0.0633 e. The Hall–Kier alpha value is 0.651. The molecule has 0 heterocycles. The molecule has 0 spiro atoms. The number of rotatable bonds is 1. The Bertz CT molecular complexity index is 118. The second-order valence-electron chi connectivity index (χ2n) is 5.00. The normalized spacial score (nSPS) is 14.2. The third kappa shape index (κ3) is 5.87. The second kappa shape index (κ2) is 3.58. The lowest BCUT2D eigenvalue weighted by Crippen LogP contribution is -2.37. The summed E-state index contributed by atoms with van der Waals surface area (Å²) in [5.41, 5.74) is 0. The van der Waals surface area contributed by atoms with E-state index in [2.05, 4.69) is 51.3 Å². The van der Waals surface area contributed by atoms with Crippen LogP contribution in [0, 0.1) is 0 Å². The van der Waals surface area contributed by atoms with Gasteiger partial charge in [0.25, 0.3) is 0 Å². The summed E-state index contributed by atoms with van der Waals surface area (Å²) in [7, 11) is 4.65. The van der Waals surface area contributed by atoms with Crippen LogP contribution in [0.5, 0.6) is 0 Å². The average Bonchev–Trinajstić information content (AvgIpc) is 1.56. The van der Waals surface area contributed by atoms with Gasteiger partial charge in [-0.05, 0) is 10.1 Å². The van der Waals surface area contributed by atoms with Gasteiger partial charge in [-0.1, -0.05) is 41.5 Å². The van der Waals surface area contributed by atoms with Gasteiger partial charge in [0.1, 0.15) is 0 Å². The lowest BCUT2D eigenvalue weighted by Gasteiger charge is -2.30. The maximum Gasteiger partial charge on any atom is 0.0298 e. The van der Waals surface area contributed by atoms with Crippen molar-refractivity contribution in [2.24, 2.45) is 0 Å². The molecule has 0 aromatic rings. The van der Waals surface area contributed by atoms with Gasteiger partial charge in [-0.15, -0.1) is 0 Å². The third-order valence-corrected chi connectivity index (χ3v) is 12.4. The SMILES string of the molecule is CC(C)(C)[Si][Si]([Si])C(C)(C)C. The van der Waals surface area contributed by atoms with Crippen molar-refractivity contribution in [3.05, 3.63) is 0 Å². The van der Waals surface area contributed by atoms with Crippen LogP contribution in [-0.2, 0) is 0 Å². The van der Waals surface area contributed by atoms with E-state index in [4.69, 9.17) is 0 Å². The van der Waals surface area contributed by atoms with Gasteiger partial charge in [0.2, 0.25) is 0 Å². The van der Waals surface area contributed by atoms with Gasteiger partial charge in [-0.25, -0.2) is 0 Å². The lowest BCUT2D eigenvalue weighted by molar-refractivity contribution is 0.739. The van der Waals surface area contributed by atoms with Gasteiger partial charge in [-0.2, -0.15) is 0 Å². The predicted octanol–water partition coefficient (Wildman–Crippen LogP) is 2.37. The molecule has 0 nitrogen and oxygen atoms in total. The quantitative estimate of drug-likeness (QED) is 0.568. The van der Waals surface area contributed by atoms with Crippen LogP contribution in [0.4, 0.5) is 0 Å². The molecule has 6 radical (unpaired) electrons. The molecule has 0 saturated carbocycles. The molecular weight excluding hydrogens is 180 g/mol. The fourth-order valence-corrected chi connectivity index (χ4v) is 8.44. The van der Waals surface area contributed by atoms with E-state index in [1.54, 1.807) is 0 Å². The molecule has 0 amide bonds. The molecule has 0 aromatic heterocycles. The zero-order valence-electron chi connectivity index (χ0n) is 8.50. The molecule has 0 fully saturated rings. The largest absolute Gasteiger partial charge is 0.0633 e. The minimum absolute atomic E-state index is 0.329. The minimum atomic E-state index is -0.329. The van der Waals surface area contributed by atoms with Crippen LogP contribution in [0.25, 0.3) is 0 Å². The van der Waals surface area contributed by atoms with Crippen molar-refractivity contribution in [3.8, 4) is 0 Å². The van der Waals surface area contributed by atoms with Gasteiger partial charge < -0.3 is 0 Å². The van der Waals surface area contributed by atoms with E-state index in [0.717, 1.165) is 9.04 Å². The van der Waals surface area contributed by atoms with Crippen LogP contribution in [0.15, 0.2) is 0 Å². The van der Waals surface area contributed by atoms with Crippen molar-refractivity contribution < 1.29 is 0 Å². The molecule has 0 bridgehead atoms. The van der Waals surface area contributed by atoms with Crippen LogP contribution in [0.2, 0.25) is 10.1 Å². The van der Waals surface area contributed by atoms with E-state index in [-0.39, 0.29) is 7.83 Å². The Morgan fingerprint density at radius 3 is 1.45 bits per heavy atom. The van der Waals surface area contributed by atoms with Crippen molar-refractivity contribution >= 4 is 26.6 Å². The highest BCUT2D eigenvalue weighted by Gasteiger charge is 2.26. The number of hydrogen-bond acceptors (Lipinski definition) is 0. The molecule has 0 rings (SSSR count). The smallest absolute Gasteiger partial charge is 0.0298 e. The summed E-state index contributed by atoms with van der Waals surface area (Å²) in [4.78, 5) is 0. The van der Waals surface area contributed by atoms with E-state index in [0.29, 0.717) is 10.1 Å². The molecule has 0 saturated heterocycles. The zero-order valence-corrected chi connectivity index (χ0v) is 11.5. The Morgan fingerprint density at radius 2 is 1.36 bits per heavy atom. The first-order chi connectivity index (χ1) is 4.63. The summed E-state index contributed by atoms with van der Waals surface area (Å²) in [6, 6.07) is 0. The molecule has 0 aliphatic rings. The monoisotopic (exact) mass is 198 g/mol. The molecule has 62 valence electrons. The Morgan fingerprint density at radius 1 is 1.00 bits per heavy atom. The predicted molar refractivity (Wildman–Crippen MR) is 56.7 cm³/mol. The van der Waals surface area contributed by atoms with Crippen molar-refractivity contribution in [2.75, 3.05) is 0 Å². The van der Waals surface area contributed by atoms with E-state index < -0.39 is 0 Å². The zero-order chi connectivity index (χ0) is 9.28. The van der Waals surface area contributed by atoms with Crippen molar-refractivity contribution in [2.45, 2.75) is 51.6 Å². The molecule has 11 heavy (non-hydrogen) atoms. The van der Waals surface area contributed by atoms with Crippen LogP contribution >= 0.6 is 0 Å². The highest BCUT2D eigenvalue weighted by molar-refractivity contribution is 7.36. The molecule has 0 aliphatic heterocycles. The third-order valence-electron chi connectivity index (χ3n) is 1.25. The number of hydrogen-bond donors (Lipinski definition) is 0. The summed E-state index contributed by atoms with van der Waals surface area (Å²) in [6.07, 6.45) is 0. The van der Waals surface area contributed by atoms with Crippen molar-refractivity contribution in [1.29, 1.82) is 0 Å². The molecule has 0 N–H and O–H groups in total. The summed E-state index contributed by atoms with van der Waals surface area (Å²) in [5, 5.41) is 0.997. The van der Waals surface area contributed by atoms with Gasteiger partial charge in [0.05, 0.1) is 0 Å². The second-order valence-corrected chi connectivity index (χ2v) is 14.2. The van der Waals surface area contributed by atoms with Crippen LogP contribution in [0.1, 0.15) is 41.5 Å². The fourth-order valence-electron chi connectivity index (χ4n) is 0.562. The molecule has 3 heteroatoms. The van der Waals surface area contributed by atoms with Gasteiger partial charge >= 0.3 is 0 Å². The highest BCUT2D eigenvalue weighted by Crippen LogP contribution is 2.30. The highest BCUT2D eigenvalue weighted by atomic mass is 29.5. The maximum absolute atomic E-state index is 3.90. The molecule has 0 aliphatic carbocycles. The first kappa shape index (κ1) is 11.7. The van der Waals surface area contributed by atoms with Gasteiger partial charge in [0.15, 0.2) is 0 Å². The topological polar surface area (TPSA) is 0 Å². The lowest BCUT2D eigenvalue weighted by atomic mass is 10.2. The summed E-state index contributed by atoms with van der Waals surface area (Å²) in [6.45, 7) is 13.9. The molecule has 0 unspecified atom stereocenters. The molecule has 0 aromatic carbocycles. The van der Waals surface area contributed by atoms with Crippen LogP contribution < -0.4 is 0 Å². The van der Waals surface area contributed by atoms with Crippen LogP contribution in [0.3, 0.4) is 0 Å². The first-order valence-electron chi connectivity index (χ1n) is 4.00. The summed E-state index contributed by atoms with van der Waals surface area (Å²) < 4.78 is 0. The molecular formula is C8H18Si3. The first-order valence-corrected chi connectivity index (χ1v) is 9.00. The van der Waals surface area contributed by atoms with Gasteiger partial charge in [-0.3, -0.25) is 0 Å².